The fourth-order valence-corrected chi connectivity index (χ4v) is 6.41. The highest BCUT2D eigenvalue weighted by Crippen LogP contribution is 2.38. The van der Waals surface area contributed by atoms with Crippen LogP contribution < -0.4 is 15.5 Å². The Morgan fingerprint density at radius 3 is 0.958 bits per heavy atom. The van der Waals surface area contributed by atoms with Gasteiger partial charge in [-0.3, -0.25) is 0 Å². The molecule has 48 heavy (non-hydrogen) atoms. The van der Waals surface area contributed by atoms with Crippen LogP contribution in [0.2, 0.25) is 0 Å². The first kappa shape index (κ1) is 32.8. The smallest absolute Gasteiger partial charge is 0.0462 e. The number of hydrogen-bond acceptors (Lipinski definition) is 3. The molecule has 0 aromatic heterocycles. The van der Waals surface area contributed by atoms with E-state index >= 15 is 0 Å². The molecule has 1 atom stereocenters. The van der Waals surface area contributed by atoms with Gasteiger partial charge in [-0.2, -0.15) is 0 Å². The van der Waals surface area contributed by atoms with Crippen molar-refractivity contribution in [1.82, 2.24) is 0 Å². The van der Waals surface area contributed by atoms with Crippen LogP contribution in [0, 0.1) is 26.7 Å². The van der Waals surface area contributed by atoms with Gasteiger partial charge in [-0.15, -0.1) is 0 Å². The van der Waals surface area contributed by atoms with Gasteiger partial charge in [-0.25, -0.2) is 0 Å². The average molecular weight is 630 g/mol. The Kier molecular flexibility index (Phi) is 10.1. The minimum Gasteiger partial charge on any atom is -0.330 e. The van der Waals surface area contributed by atoms with Gasteiger partial charge in [0.15, 0.2) is 0 Å². The topological polar surface area (TPSA) is 32.5 Å². The summed E-state index contributed by atoms with van der Waals surface area (Å²) in [5.41, 5.74) is 20.4. The van der Waals surface area contributed by atoms with Gasteiger partial charge in [-0.05, 0) is 135 Å². The maximum atomic E-state index is 6.18. The zero-order chi connectivity index (χ0) is 33.6. The molecule has 0 amide bonds. The third kappa shape index (κ3) is 7.54. The van der Waals surface area contributed by atoms with Crippen LogP contribution in [0.5, 0.6) is 0 Å². The highest BCUT2D eigenvalue weighted by Gasteiger charge is 2.17. The van der Waals surface area contributed by atoms with Crippen molar-refractivity contribution in [2.24, 2.45) is 11.7 Å². The molecule has 0 fully saturated rings. The highest BCUT2D eigenvalue weighted by atomic mass is 15.1. The summed E-state index contributed by atoms with van der Waals surface area (Å²) in [6, 6.07) is 53.0. The van der Waals surface area contributed by atoms with Crippen LogP contribution in [0.1, 0.15) is 48.4 Å². The number of hydrogen-bond donors (Lipinski definition) is 1. The fourth-order valence-electron chi connectivity index (χ4n) is 6.41. The van der Waals surface area contributed by atoms with E-state index in [4.69, 9.17) is 5.73 Å². The molecule has 6 aromatic carbocycles. The molecule has 3 heteroatoms. The molecule has 0 radical (unpaired) electrons. The molecule has 0 aliphatic carbocycles. The molecule has 0 aliphatic rings. The lowest BCUT2D eigenvalue weighted by molar-refractivity contribution is 0.504. The maximum absolute atomic E-state index is 6.18. The van der Waals surface area contributed by atoms with Gasteiger partial charge < -0.3 is 15.5 Å². The molecule has 6 rings (SSSR count). The Morgan fingerprint density at radius 2 is 0.688 bits per heavy atom. The summed E-state index contributed by atoms with van der Waals surface area (Å²) in [5.74, 6) is 0.982. The summed E-state index contributed by atoms with van der Waals surface area (Å²) in [6.45, 7) is 11.6. The third-order valence-corrected chi connectivity index (χ3v) is 9.12. The van der Waals surface area contributed by atoms with Gasteiger partial charge in [-0.1, -0.05) is 103 Å². The summed E-state index contributed by atoms with van der Waals surface area (Å²) in [7, 11) is 0. The largest absolute Gasteiger partial charge is 0.330 e. The molecule has 0 heterocycles. The first-order valence-electron chi connectivity index (χ1n) is 17.1. The van der Waals surface area contributed by atoms with E-state index in [9.17, 15) is 0 Å². The van der Waals surface area contributed by atoms with Crippen molar-refractivity contribution in [2.75, 3.05) is 16.3 Å². The van der Waals surface area contributed by atoms with Gasteiger partial charge in [0.1, 0.15) is 0 Å². The minimum absolute atomic E-state index is 0.374. The number of nitrogens with zero attached hydrogens (tertiary/aromatic N) is 2. The SMILES string of the molecule is Cc1ccc(N(c2ccc(C)cc2)c2ccc(-c3ccc(N(c4ccc(C)cc4)c4ccc(C(CN)CC(C)C)cc4)cc3)cc2)cc1. The van der Waals surface area contributed by atoms with Crippen LogP contribution in [0.4, 0.5) is 34.1 Å². The number of aryl methyl sites for hydroxylation is 3. The summed E-state index contributed by atoms with van der Waals surface area (Å²) in [4.78, 5) is 4.64. The molecule has 0 saturated heterocycles. The Labute approximate surface area is 287 Å². The highest BCUT2D eigenvalue weighted by molar-refractivity contribution is 5.81. The second-order valence-corrected chi connectivity index (χ2v) is 13.4. The molecule has 242 valence electrons. The molecule has 0 saturated carbocycles. The number of benzene rings is 6. The lowest BCUT2D eigenvalue weighted by atomic mass is 9.90. The predicted molar refractivity (Wildman–Crippen MR) is 207 cm³/mol. The first-order chi connectivity index (χ1) is 23.3. The van der Waals surface area contributed by atoms with E-state index in [2.05, 4.69) is 190 Å². The van der Waals surface area contributed by atoms with Gasteiger partial charge in [0.05, 0.1) is 0 Å². The van der Waals surface area contributed by atoms with Crippen molar-refractivity contribution < 1.29 is 0 Å². The standard InChI is InChI=1S/C45H47N3/c1-32(2)30-39(31-46)38-16-28-45(29-17-38)48(42-22-10-35(5)11-23-42)44-26-14-37(15-27-44)36-12-24-43(25-13-36)47(40-18-6-33(3)7-19-40)41-20-8-34(4)9-21-41/h6-29,32,39H,30-31,46H2,1-5H3. The lowest BCUT2D eigenvalue weighted by Crippen LogP contribution is -2.15. The Bertz CT molecular complexity index is 1840. The van der Waals surface area contributed by atoms with E-state index in [1.165, 1.54) is 33.4 Å². The van der Waals surface area contributed by atoms with E-state index in [1.54, 1.807) is 0 Å². The van der Waals surface area contributed by atoms with E-state index in [1.807, 2.05) is 0 Å². The normalized spacial score (nSPS) is 11.8. The van der Waals surface area contributed by atoms with Crippen LogP contribution in [-0.4, -0.2) is 6.54 Å². The van der Waals surface area contributed by atoms with Crippen LogP contribution >= 0.6 is 0 Å². The van der Waals surface area contributed by atoms with E-state index in [-0.39, 0.29) is 0 Å². The quantitative estimate of drug-likeness (QED) is 0.155. The summed E-state index contributed by atoms with van der Waals surface area (Å²) < 4.78 is 0. The molecule has 1 unspecified atom stereocenters. The Hall–Kier alpha value is -5.12. The average Bonchev–Trinajstić information content (AvgIpc) is 3.11. The third-order valence-electron chi connectivity index (χ3n) is 9.12. The first-order valence-corrected chi connectivity index (χ1v) is 17.1. The van der Waals surface area contributed by atoms with Gasteiger partial charge in [0.25, 0.3) is 0 Å². The van der Waals surface area contributed by atoms with Gasteiger partial charge in [0, 0.05) is 34.1 Å². The van der Waals surface area contributed by atoms with Crippen LogP contribution in [-0.2, 0) is 0 Å². The molecular weight excluding hydrogens is 583 g/mol. The second kappa shape index (κ2) is 14.8. The monoisotopic (exact) mass is 629 g/mol. The van der Waals surface area contributed by atoms with Crippen molar-refractivity contribution in [3.63, 3.8) is 0 Å². The zero-order valence-corrected chi connectivity index (χ0v) is 28.9. The van der Waals surface area contributed by atoms with Crippen molar-refractivity contribution in [1.29, 1.82) is 0 Å². The molecule has 0 bridgehead atoms. The van der Waals surface area contributed by atoms with Crippen LogP contribution in [0.3, 0.4) is 0 Å². The molecule has 2 N–H and O–H groups in total. The molecule has 3 nitrogen and oxygen atoms in total. The van der Waals surface area contributed by atoms with Crippen molar-refractivity contribution in [2.45, 2.75) is 47.0 Å². The molecule has 0 aliphatic heterocycles. The van der Waals surface area contributed by atoms with Crippen molar-refractivity contribution >= 4 is 34.1 Å². The van der Waals surface area contributed by atoms with Crippen LogP contribution in [0.15, 0.2) is 146 Å². The van der Waals surface area contributed by atoms with Crippen molar-refractivity contribution in [3.8, 4) is 11.1 Å². The molecule has 6 aromatic rings. The Balaban J connectivity index is 1.29. The van der Waals surface area contributed by atoms with E-state index < -0.39 is 0 Å². The minimum atomic E-state index is 0.374. The predicted octanol–water partition coefficient (Wildman–Crippen LogP) is 12.3. The second-order valence-electron chi connectivity index (χ2n) is 13.4. The van der Waals surface area contributed by atoms with Crippen LogP contribution in [0.25, 0.3) is 11.1 Å². The molecular formula is C45H47N3. The summed E-state index contributed by atoms with van der Waals surface area (Å²) in [6.07, 6.45) is 1.09. The van der Waals surface area contributed by atoms with Gasteiger partial charge >= 0.3 is 0 Å². The number of anilines is 6. The number of rotatable bonds is 11. The Morgan fingerprint density at radius 1 is 0.417 bits per heavy atom. The summed E-state index contributed by atoms with van der Waals surface area (Å²) >= 11 is 0. The maximum Gasteiger partial charge on any atom is 0.0462 e. The zero-order valence-electron chi connectivity index (χ0n) is 28.9. The fraction of sp³-hybridized carbons (Fsp3) is 0.200. The molecule has 0 spiro atoms. The number of nitrogens with two attached hydrogens (primary N) is 1. The summed E-state index contributed by atoms with van der Waals surface area (Å²) in [5, 5.41) is 0. The van der Waals surface area contributed by atoms with E-state index in [0.717, 1.165) is 40.5 Å². The lowest BCUT2D eigenvalue weighted by Gasteiger charge is -2.27. The van der Waals surface area contributed by atoms with E-state index in [0.29, 0.717) is 18.4 Å². The van der Waals surface area contributed by atoms with Gasteiger partial charge in [0.2, 0.25) is 0 Å². The van der Waals surface area contributed by atoms with Crippen molar-refractivity contribution in [3.05, 3.63) is 168 Å².